The van der Waals surface area contributed by atoms with Crippen LogP contribution >= 0.6 is 11.3 Å². The molecule has 1 aliphatic carbocycles. The van der Waals surface area contributed by atoms with E-state index in [2.05, 4.69) is 17.6 Å². The molecular weight excluding hydrogens is 516 g/mol. The highest BCUT2D eigenvalue weighted by atomic mass is 32.1. The zero-order valence-corrected chi connectivity index (χ0v) is 23.5. The Morgan fingerprint density at radius 1 is 0.974 bits per heavy atom. The van der Waals surface area contributed by atoms with E-state index in [1.165, 1.54) is 11.3 Å². The van der Waals surface area contributed by atoms with Gasteiger partial charge in [0.15, 0.2) is 6.10 Å². The first kappa shape index (κ1) is 28.2. The first-order valence-electron chi connectivity index (χ1n) is 13.2. The predicted molar refractivity (Wildman–Crippen MR) is 152 cm³/mol. The maximum Gasteiger partial charge on any atom is 0.341 e. The molecule has 0 radical (unpaired) electrons. The van der Waals surface area contributed by atoms with Gasteiger partial charge in [0.1, 0.15) is 16.5 Å². The van der Waals surface area contributed by atoms with Crippen molar-refractivity contribution in [2.75, 3.05) is 23.8 Å². The molecule has 2 unspecified atom stereocenters. The zero-order valence-electron chi connectivity index (χ0n) is 22.7. The lowest BCUT2D eigenvalue weighted by atomic mass is 9.88. The Bertz CT molecular complexity index is 1320. The number of fused-ring (bicyclic) bond motifs is 1. The van der Waals surface area contributed by atoms with Crippen LogP contribution in [0.1, 0.15) is 65.3 Å². The van der Waals surface area contributed by atoms with Gasteiger partial charge >= 0.3 is 5.97 Å². The second-order valence-corrected chi connectivity index (χ2v) is 10.6. The number of benzene rings is 2. The van der Waals surface area contributed by atoms with Crippen LogP contribution in [0.25, 0.3) is 0 Å². The minimum atomic E-state index is -0.761. The number of rotatable bonds is 10. The highest BCUT2D eigenvalue weighted by molar-refractivity contribution is 7.17. The Hall–Kier alpha value is -3.85. The summed E-state index contributed by atoms with van der Waals surface area (Å²) in [4.78, 5) is 39.5. The molecule has 8 nitrogen and oxygen atoms in total. The Morgan fingerprint density at radius 3 is 2.33 bits per heavy atom. The molecule has 3 aromatic rings. The molecule has 2 atom stereocenters. The van der Waals surface area contributed by atoms with Gasteiger partial charge in [0, 0.05) is 16.1 Å². The van der Waals surface area contributed by atoms with Crippen molar-refractivity contribution in [3.05, 3.63) is 70.1 Å². The molecule has 2 aromatic carbocycles. The normalized spacial score (nSPS) is 15.0. The van der Waals surface area contributed by atoms with Gasteiger partial charge in [-0.25, -0.2) is 4.79 Å². The van der Waals surface area contributed by atoms with Crippen molar-refractivity contribution >= 4 is 39.8 Å². The van der Waals surface area contributed by atoms with E-state index >= 15 is 0 Å². The van der Waals surface area contributed by atoms with Gasteiger partial charge in [-0.2, -0.15) is 0 Å². The van der Waals surface area contributed by atoms with E-state index in [0.29, 0.717) is 40.1 Å². The SMILES string of the molecule is CCOC(=O)c1c(NC(=O)c2ccc(OC(C)C(=O)Nc3ccc(OCC)cc3)cc2)sc2c1CCC(C)C2. The standard InChI is InChI=1S/C30H34N2O6S/c1-5-36-22-14-10-21(11-15-22)31-27(33)19(4)38-23-12-8-20(9-13-23)28(34)32-29-26(30(35)37-6-2)24-16-7-18(3)17-25(24)39-29/h8-15,18-19H,5-7,16-17H2,1-4H3,(H,31,33)(H,32,34). The molecule has 1 aliphatic rings. The number of carbonyl (C=O) groups excluding carboxylic acids is 3. The van der Waals surface area contributed by atoms with Crippen molar-refractivity contribution in [2.24, 2.45) is 5.92 Å². The monoisotopic (exact) mass is 550 g/mol. The van der Waals surface area contributed by atoms with Crippen LogP contribution < -0.4 is 20.1 Å². The molecule has 0 fully saturated rings. The molecule has 206 valence electrons. The second-order valence-electron chi connectivity index (χ2n) is 9.46. The quantitative estimate of drug-likeness (QED) is 0.296. The number of nitrogens with one attached hydrogen (secondary N) is 2. The van der Waals surface area contributed by atoms with E-state index in [0.717, 1.165) is 35.5 Å². The number of hydrogen-bond donors (Lipinski definition) is 2. The van der Waals surface area contributed by atoms with Crippen LogP contribution in [-0.2, 0) is 22.4 Å². The topological polar surface area (TPSA) is 103 Å². The van der Waals surface area contributed by atoms with Gasteiger partial charge in [-0.05, 0) is 100 Å². The largest absolute Gasteiger partial charge is 0.494 e. The summed E-state index contributed by atoms with van der Waals surface area (Å²) in [6.07, 6.45) is 1.93. The maximum atomic E-state index is 13.1. The Morgan fingerprint density at radius 2 is 1.67 bits per heavy atom. The second kappa shape index (κ2) is 12.8. The van der Waals surface area contributed by atoms with E-state index in [1.807, 2.05) is 6.92 Å². The summed E-state index contributed by atoms with van der Waals surface area (Å²) in [7, 11) is 0. The molecule has 4 rings (SSSR count). The molecule has 9 heteroatoms. The maximum absolute atomic E-state index is 13.1. The lowest BCUT2D eigenvalue weighted by molar-refractivity contribution is -0.122. The lowest BCUT2D eigenvalue weighted by Crippen LogP contribution is -2.30. The van der Waals surface area contributed by atoms with Crippen molar-refractivity contribution in [1.29, 1.82) is 0 Å². The van der Waals surface area contributed by atoms with Crippen LogP contribution in [-0.4, -0.2) is 37.1 Å². The summed E-state index contributed by atoms with van der Waals surface area (Å²) in [5, 5.41) is 6.26. The summed E-state index contributed by atoms with van der Waals surface area (Å²) in [6, 6.07) is 13.6. The van der Waals surface area contributed by atoms with Crippen LogP contribution in [0, 0.1) is 5.92 Å². The van der Waals surface area contributed by atoms with Gasteiger partial charge in [0.05, 0.1) is 18.8 Å². The predicted octanol–water partition coefficient (Wildman–Crippen LogP) is 6.11. The van der Waals surface area contributed by atoms with E-state index < -0.39 is 12.1 Å². The van der Waals surface area contributed by atoms with E-state index in [4.69, 9.17) is 14.2 Å². The van der Waals surface area contributed by atoms with Crippen LogP contribution in [0.15, 0.2) is 48.5 Å². The number of carbonyl (C=O) groups is 3. The van der Waals surface area contributed by atoms with Crippen LogP contribution in [0.2, 0.25) is 0 Å². The summed E-state index contributed by atoms with van der Waals surface area (Å²) >= 11 is 1.45. The van der Waals surface area contributed by atoms with Gasteiger partial charge in [0.2, 0.25) is 0 Å². The van der Waals surface area contributed by atoms with Gasteiger partial charge < -0.3 is 24.8 Å². The Balaban J connectivity index is 1.39. The van der Waals surface area contributed by atoms with Crippen molar-refractivity contribution in [3.8, 4) is 11.5 Å². The summed E-state index contributed by atoms with van der Waals surface area (Å²) in [5.41, 5.74) is 2.51. The average molecular weight is 551 g/mol. The average Bonchev–Trinajstić information content (AvgIpc) is 3.27. The molecule has 0 bridgehead atoms. The summed E-state index contributed by atoms with van der Waals surface area (Å²) in [5.74, 6) is 0.681. The smallest absolute Gasteiger partial charge is 0.341 e. The van der Waals surface area contributed by atoms with Gasteiger partial charge in [-0.3, -0.25) is 9.59 Å². The summed E-state index contributed by atoms with van der Waals surface area (Å²) < 4.78 is 16.5. The molecule has 2 N–H and O–H groups in total. The molecule has 39 heavy (non-hydrogen) atoms. The van der Waals surface area contributed by atoms with Crippen molar-refractivity contribution in [3.63, 3.8) is 0 Å². The van der Waals surface area contributed by atoms with E-state index in [9.17, 15) is 14.4 Å². The number of anilines is 2. The van der Waals surface area contributed by atoms with Crippen LogP contribution in [0.3, 0.4) is 0 Å². The fourth-order valence-corrected chi connectivity index (χ4v) is 5.81. The molecule has 0 saturated heterocycles. The van der Waals surface area contributed by atoms with E-state index in [-0.39, 0.29) is 18.4 Å². The first-order chi connectivity index (χ1) is 18.8. The van der Waals surface area contributed by atoms with Gasteiger partial charge in [-0.15, -0.1) is 11.3 Å². The minimum absolute atomic E-state index is 0.269. The fourth-order valence-electron chi connectivity index (χ4n) is 4.42. The lowest BCUT2D eigenvalue weighted by Gasteiger charge is -2.18. The van der Waals surface area contributed by atoms with Crippen LogP contribution in [0.4, 0.5) is 10.7 Å². The number of ether oxygens (including phenoxy) is 3. The van der Waals surface area contributed by atoms with Gasteiger partial charge in [-0.1, -0.05) is 6.92 Å². The fraction of sp³-hybridized carbons (Fsp3) is 0.367. The Kier molecular flexibility index (Phi) is 9.24. The van der Waals surface area contributed by atoms with Crippen LogP contribution in [0.5, 0.6) is 11.5 Å². The number of esters is 1. The number of thiophene rings is 1. The molecule has 1 heterocycles. The van der Waals surface area contributed by atoms with E-state index in [1.54, 1.807) is 62.4 Å². The number of hydrogen-bond acceptors (Lipinski definition) is 7. The van der Waals surface area contributed by atoms with Gasteiger partial charge in [0.25, 0.3) is 11.8 Å². The summed E-state index contributed by atoms with van der Waals surface area (Å²) in [6.45, 7) is 8.36. The molecular formula is C30H34N2O6S. The molecule has 0 aliphatic heterocycles. The zero-order chi connectivity index (χ0) is 27.9. The van der Waals surface area contributed by atoms with Crippen molar-refractivity contribution in [2.45, 2.75) is 53.1 Å². The molecule has 0 spiro atoms. The molecule has 2 amide bonds. The Labute approximate surface area is 232 Å². The van der Waals surface area contributed by atoms with Crippen molar-refractivity contribution in [1.82, 2.24) is 0 Å². The third-order valence-corrected chi connectivity index (χ3v) is 7.62. The van der Waals surface area contributed by atoms with Crippen molar-refractivity contribution < 1.29 is 28.6 Å². The third kappa shape index (κ3) is 6.97. The highest BCUT2D eigenvalue weighted by Crippen LogP contribution is 2.40. The highest BCUT2D eigenvalue weighted by Gasteiger charge is 2.29. The first-order valence-corrected chi connectivity index (χ1v) is 14.0. The molecule has 0 saturated carbocycles. The number of amides is 2. The minimum Gasteiger partial charge on any atom is -0.494 e. The third-order valence-electron chi connectivity index (χ3n) is 6.45. The molecule has 1 aromatic heterocycles.